The standard InChI is InChI=1S/C10H12N2O/c1-2-12-9(13)6-5-8-4-3-7-11-10(8)12/h3-4,7H,2,5-6H2,1H3. The van der Waals surface area contributed by atoms with E-state index in [0.717, 1.165) is 12.2 Å². The van der Waals surface area contributed by atoms with Gasteiger partial charge in [0.15, 0.2) is 0 Å². The smallest absolute Gasteiger partial charge is 0.228 e. The topological polar surface area (TPSA) is 33.2 Å². The first-order valence-electron chi connectivity index (χ1n) is 4.57. The van der Waals surface area contributed by atoms with Crippen molar-refractivity contribution >= 4 is 11.7 Å². The van der Waals surface area contributed by atoms with Crippen molar-refractivity contribution in [1.82, 2.24) is 4.98 Å². The molecule has 0 unspecified atom stereocenters. The van der Waals surface area contributed by atoms with Gasteiger partial charge in [0.2, 0.25) is 5.91 Å². The van der Waals surface area contributed by atoms with Crippen LogP contribution in [-0.4, -0.2) is 17.4 Å². The lowest BCUT2D eigenvalue weighted by Crippen LogP contribution is -2.35. The zero-order chi connectivity index (χ0) is 9.26. The van der Waals surface area contributed by atoms with Crippen LogP contribution in [0.15, 0.2) is 18.3 Å². The van der Waals surface area contributed by atoms with E-state index < -0.39 is 0 Å². The van der Waals surface area contributed by atoms with Crippen LogP contribution in [0.3, 0.4) is 0 Å². The number of hydrogen-bond acceptors (Lipinski definition) is 2. The van der Waals surface area contributed by atoms with Crippen molar-refractivity contribution in [1.29, 1.82) is 0 Å². The molecule has 13 heavy (non-hydrogen) atoms. The number of aromatic nitrogens is 1. The molecule has 0 bridgehead atoms. The van der Waals surface area contributed by atoms with Gasteiger partial charge >= 0.3 is 0 Å². The first-order valence-corrected chi connectivity index (χ1v) is 4.57. The first-order chi connectivity index (χ1) is 6.33. The Kier molecular flexibility index (Phi) is 2.00. The number of fused-ring (bicyclic) bond motifs is 1. The number of nitrogens with zero attached hydrogens (tertiary/aromatic N) is 2. The number of rotatable bonds is 1. The van der Waals surface area contributed by atoms with Crippen LogP contribution in [0.5, 0.6) is 0 Å². The minimum Gasteiger partial charge on any atom is -0.297 e. The summed E-state index contributed by atoms with van der Waals surface area (Å²) in [7, 11) is 0. The van der Waals surface area contributed by atoms with Crippen LogP contribution in [0.2, 0.25) is 0 Å². The number of carbonyl (C=O) groups excluding carboxylic acids is 1. The second kappa shape index (κ2) is 3.17. The third-order valence-electron chi connectivity index (χ3n) is 2.35. The van der Waals surface area contributed by atoms with Gasteiger partial charge in [0.1, 0.15) is 5.82 Å². The summed E-state index contributed by atoms with van der Waals surface area (Å²) in [5, 5.41) is 0. The second-order valence-electron chi connectivity index (χ2n) is 3.12. The minimum absolute atomic E-state index is 0.189. The van der Waals surface area contributed by atoms with Gasteiger partial charge in [-0.1, -0.05) is 6.07 Å². The molecule has 68 valence electrons. The van der Waals surface area contributed by atoms with Crippen molar-refractivity contribution in [2.75, 3.05) is 11.4 Å². The van der Waals surface area contributed by atoms with Crippen LogP contribution in [0, 0.1) is 0 Å². The van der Waals surface area contributed by atoms with Gasteiger partial charge < -0.3 is 0 Å². The Morgan fingerprint density at radius 2 is 2.38 bits per heavy atom. The minimum atomic E-state index is 0.189. The molecule has 0 spiro atoms. The van der Waals surface area contributed by atoms with Crippen LogP contribution in [0.1, 0.15) is 18.9 Å². The maximum atomic E-state index is 11.5. The van der Waals surface area contributed by atoms with E-state index in [1.165, 1.54) is 5.56 Å². The fraction of sp³-hybridized carbons (Fsp3) is 0.400. The van der Waals surface area contributed by atoms with Crippen LogP contribution < -0.4 is 4.90 Å². The maximum absolute atomic E-state index is 11.5. The fourth-order valence-electron chi connectivity index (χ4n) is 1.69. The van der Waals surface area contributed by atoms with Gasteiger partial charge in [0, 0.05) is 19.2 Å². The Morgan fingerprint density at radius 1 is 1.54 bits per heavy atom. The lowest BCUT2D eigenvalue weighted by Gasteiger charge is -2.26. The highest BCUT2D eigenvalue weighted by Crippen LogP contribution is 2.24. The van der Waals surface area contributed by atoms with E-state index in [1.807, 2.05) is 19.1 Å². The Labute approximate surface area is 77.4 Å². The number of amides is 1. The highest BCUT2D eigenvalue weighted by Gasteiger charge is 2.22. The molecular weight excluding hydrogens is 164 g/mol. The number of carbonyl (C=O) groups is 1. The van der Waals surface area contributed by atoms with Crippen molar-refractivity contribution < 1.29 is 4.79 Å². The molecule has 3 heteroatoms. The van der Waals surface area contributed by atoms with E-state index in [4.69, 9.17) is 0 Å². The average molecular weight is 176 g/mol. The molecule has 1 aliphatic heterocycles. The van der Waals surface area contributed by atoms with Crippen molar-refractivity contribution in [2.45, 2.75) is 19.8 Å². The molecule has 0 fully saturated rings. The van der Waals surface area contributed by atoms with E-state index >= 15 is 0 Å². The highest BCUT2D eigenvalue weighted by atomic mass is 16.2. The molecule has 1 aromatic heterocycles. The lowest BCUT2D eigenvalue weighted by molar-refractivity contribution is -0.118. The Hall–Kier alpha value is -1.38. The second-order valence-corrected chi connectivity index (χ2v) is 3.12. The molecule has 1 aliphatic rings. The SMILES string of the molecule is CCN1C(=O)CCc2cccnc21. The quantitative estimate of drug-likeness (QED) is 0.647. The molecule has 3 nitrogen and oxygen atoms in total. The summed E-state index contributed by atoms with van der Waals surface area (Å²) in [6.45, 7) is 2.69. The van der Waals surface area contributed by atoms with Gasteiger partial charge in [-0.05, 0) is 25.0 Å². The van der Waals surface area contributed by atoms with Crippen LogP contribution in [0.4, 0.5) is 5.82 Å². The van der Waals surface area contributed by atoms with Gasteiger partial charge in [-0.15, -0.1) is 0 Å². The third kappa shape index (κ3) is 1.30. The molecule has 0 atom stereocenters. The molecule has 0 saturated carbocycles. The molecule has 0 radical (unpaired) electrons. The van der Waals surface area contributed by atoms with Crippen LogP contribution >= 0.6 is 0 Å². The summed E-state index contributed by atoms with van der Waals surface area (Å²) in [5.74, 6) is 1.04. The normalized spacial score (nSPS) is 15.8. The largest absolute Gasteiger partial charge is 0.297 e. The molecular formula is C10H12N2O. The summed E-state index contributed by atoms with van der Waals surface area (Å²) in [5.41, 5.74) is 1.18. The number of anilines is 1. The summed E-state index contributed by atoms with van der Waals surface area (Å²) in [4.78, 5) is 17.4. The monoisotopic (exact) mass is 176 g/mol. The van der Waals surface area contributed by atoms with E-state index in [-0.39, 0.29) is 5.91 Å². The zero-order valence-electron chi connectivity index (χ0n) is 7.66. The van der Waals surface area contributed by atoms with E-state index in [0.29, 0.717) is 13.0 Å². The van der Waals surface area contributed by atoms with Crippen molar-refractivity contribution in [3.05, 3.63) is 23.9 Å². The number of pyridine rings is 1. The van der Waals surface area contributed by atoms with Crippen molar-refractivity contribution in [3.8, 4) is 0 Å². The number of aryl methyl sites for hydroxylation is 1. The zero-order valence-corrected chi connectivity index (χ0v) is 7.66. The van der Waals surface area contributed by atoms with Gasteiger partial charge in [0.25, 0.3) is 0 Å². The van der Waals surface area contributed by atoms with Crippen molar-refractivity contribution in [2.24, 2.45) is 0 Å². The van der Waals surface area contributed by atoms with Gasteiger partial charge in [0.05, 0.1) is 0 Å². The molecule has 0 saturated heterocycles. The van der Waals surface area contributed by atoms with Gasteiger partial charge in [-0.25, -0.2) is 4.98 Å². The molecule has 0 aromatic carbocycles. The fourth-order valence-corrected chi connectivity index (χ4v) is 1.69. The predicted octanol–water partition coefficient (Wildman–Crippen LogP) is 1.38. The predicted molar refractivity (Wildman–Crippen MR) is 50.6 cm³/mol. The van der Waals surface area contributed by atoms with E-state index in [1.54, 1.807) is 11.1 Å². The van der Waals surface area contributed by atoms with E-state index in [9.17, 15) is 4.79 Å². The Balaban J connectivity index is 2.45. The van der Waals surface area contributed by atoms with Crippen LogP contribution in [-0.2, 0) is 11.2 Å². The highest BCUT2D eigenvalue weighted by molar-refractivity contribution is 5.95. The lowest BCUT2D eigenvalue weighted by atomic mass is 10.1. The molecule has 0 N–H and O–H groups in total. The Bertz CT molecular complexity index is 335. The molecule has 0 aliphatic carbocycles. The molecule has 2 heterocycles. The first kappa shape index (κ1) is 8.23. The maximum Gasteiger partial charge on any atom is 0.228 e. The summed E-state index contributed by atoms with van der Waals surface area (Å²) in [6, 6.07) is 3.96. The van der Waals surface area contributed by atoms with E-state index in [2.05, 4.69) is 4.98 Å². The molecule has 2 rings (SSSR count). The van der Waals surface area contributed by atoms with Gasteiger partial charge in [-0.3, -0.25) is 9.69 Å². The summed E-state index contributed by atoms with van der Waals surface area (Å²) in [6.07, 6.45) is 3.19. The summed E-state index contributed by atoms with van der Waals surface area (Å²) < 4.78 is 0. The van der Waals surface area contributed by atoms with Gasteiger partial charge in [-0.2, -0.15) is 0 Å². The molecule has 1 aromatic rings. The number of hydrogen-bond donors (Lipinski definition) is 0. The van der Waals surface area contributed by atoms with Crippen LogP contribution in [0.25, 0.3) is 0 Å². The van der Waals surface area contributed by atoms with Crippen molar-refractivity contribution in [3.63, 3.8) is 0 Å². The summed E-state index contributed by atoms with van der Waals surface area (Å²) >= 11 is 0. The third-order valence-corrected chi connectivity index (χ3v) is 2.35. The Morgan fingerprint density at radius 3 is 3.15 bits per heavy atom. The molecule has 1 amide bonds. The average Bonchev–Trinajstić information content (AvgIpc) is 2.18.